The highest BCUT2D eigenvalue weighted by molar-refractivity contribution is 6.61. The largest absolute Gasteiger partial charge is 0.490 e. The molecule has 0 fully saturated rings. The van der Waals surface area contributed by atoms with E-state index in [9.17, 15) is 14.8 Å². The van der Waals surface area contributed by atoms with Crippen molar-refractivity contribution in [1.29, 1.82) is 0 Å². The predicted octanol–water partition coefficient (Wildman–Crippen LogP) is 0.855. The minimum atomic E-state index is -1.67. The molecule has 0 aliphatic rings. The van der Waals surface area contributed by atoms with Crippen molar-refractivity contribution in [3.8, 4) is 0 Å². The Morgan fingerprint density at radius 1 is 1.40 bits per heavy atom. The lowest BCUT2D eigenvalue weighted by Gasteiger charge is -2.18. The number of oxazole rings is 1. The van der Waals surface area contributed by atoms with Gasteiger partial charge >= 0.3 is 19.2 Å². The molecule has 1 aromatic heterocycles. The molecule has 106 valence electrons. The molecule has 1 heterocycles. The van der Waals surface area contributed by atoms with Crippen LogP contribution >= 0.6 is 0 Å². The SMILES string of the molecule is CC(C)(C)OC(=O)Nc1nc2c(B(O)O)cccc2o1. The Hall–Kier alpha value is -2.06. The first-order chi connectivity index (χ1) is 9.26. The lowest BCUT2D eigenvalue weighted by Crippen LogP contribution is -2.30. The Labute approximate surface area is 115 Å². The van der Waals surface area contributed by atoms with Crippen molar-refractivity contribution in [2.45, 2.75) is 26.4 Å². The number of para-hydroxylation sites is 1. The first-order valence-corrected chi connectivity index (χ1v) is 6.02. The van der Waals surface area contributed by atoms with Crippen LogP contribution in [-0.2, 0) is 4.74 Å². The summed E-state index contributed by atoms with van der Waals surface area (Å²) in [4.78, 5) is 15.6. The zero-order chi connectivity index (χ0) is 14.9. The zero-order valence-electron chi connectivity index (χ0n) is 11.4. The number of amides is 1. The second-order valence-corrected chi connectivity index (χ2v) is 5.21. The Morgan fingerprint density at radius 3 is 2.70 bits per heavy atom. The van der Waals surface area contributed by atoms with E-state index in [1.165, 1.54) is 6.07 Å². The number of hydrogen-bond donors (Lipinski definition) is 3. The molecule has 0 atom stereocenters. The zero-order valence-corrected chi connectivity index (χ0v) is 11.4. The molecule has 0 radical (unpaired) electrons. The van der Waals surface area contributed by atoms with Gasteiger partial charge in [0.2, 0.25) is 0 Å². The molecule has 0 saturated heterocycles. The van der Waals surface area contributed by atoms with E-state index in [1.807, 2.05) is 0 Å². The normalized spacial score (nSPS) is 11.4. The average Bonchev–Trinajstić information content (AvgIpc) is 2.67. The molecule has 3 N–H and O–H groups in total. The van der Waals surface area contributed by atoms with Crippen LogP contribution in [0.25, 0.3) is 11.1 Å². The van der Waals surface area contributed by atoms with E-state index in [-0.39, 0.29) is 17.0 Å². The van der Waals surface area contributed by atoms with Gasteiger partial charge in [0.25, 0.3) is 0 Å². The van der Waals surface area contributed by atoms with Crippen molar-refractivity contribution in [3.63, 3.8) is 0 Å². The molecule has 20 heavy (non-hydrogen) atoms. The van der Waals surface area contributed by atoms with Crippen LogP contribution in [0.4, 0.5) is 10.8 Å². The highest BCUT2D eigenvalue weighted by Gasteiger charge is 2.21. The summed E-state index contributed by atoms with van der Waals surface area (Å²) >= 11 is 0. The van der Waals surface area contributed by atoms with Crippen LogP contribution < -0.4 is 10.8 Å². The van der Waals surface area contributed by atoms with Gasteiger partial charge in [-0.15, -0.1) is 0 Å². The number of nitrogens with one attached hydrogen (secondary N) is 1. The van der Waals surface area contributed by atoms with Crippen LogP contribution in [-0.4, -0.2) is 33.8 Å². The molecule has 1 aromatic carbocycles. The van der Waals surface area contributed by atoms with Gasteiger partial charge in [0.1, 0.15) is 11.1 Å². The average molecular weight is 278 g/mol. The minimum Gasteiger partial charge on any atom is -0.443 e. The van der Waals surface area contributed by atoms with Crippen molar-refractivity contribution in [1.82, 2.24) is 4.98 Å². The second kappa shape index (κ2) is 5.14. The van der Waals surface area contributed by atoms with E-state index < -0.39 is 18.8 Å². The summed E-state index contributed by atoms with van der Waals surface area (Å²) in [6.45, 7) is 5.20. The third-order valence-electron chi connectivity index (χ3n) is 2.34. The van der Waals surface area contributed by atoms with E-state index in [0.717, 1.165) is 0 Å². The lowest BCUT2D eigenvalue weighted by atomic mass is 9.79. The smallest absolute Gasteiger partial charge is 0.443 e. The summed E-state index contributed by atoms with van der Waals surface area (Å²) in [6, 6.07) is 4.64. The first-order valence-electron chi connectivity index (χ1n) is 6.02. The van der Waals surface area contributed by atoms with Crippen LogP contribution in [0.15, 0.2) is 22.6 Å². The van der Waals surface area contributed by atoms with Crippen molar-refractivity contribution < 1.29 is 24.0 Å². The number of carbonyl (C=O) groups excluding carboxylic acids is 1. The van der Waals surface area contributed by atoms with Gasteiger partial charge in [-0.1, -0.05) is 12.1 Å². The number of nitrogens with zero attached hydrogens (tertiary/aromatic N) is 1. The number of fused-ring (bicyclic) bond motifs is 1. The fourth-order valence-corrected chi connectivity index (χ4v) is 1.62. The fraction of sp³-hybridized carbons (Fsp3) is 0.333. The predicted molar refractivity (Wildman–Crippen MR) is 73.7 cm³/mol. The molecular weight excluding hydrogens is 263 g/mol. The number of carbonyl (C=O) groups is 1. The molecule has 2 rings (SSSR count). The molecule has 0 unspecified atom stereocenters. The van der Waals surface area contributed by atoms with Crippen LogP contribution in [0.2, 0.25) is 0 Å². The standard InChI is InChI=1S/C12H15BN2O5/c1-12(2,3)20-11(16)15-10-14-9-7(13(17)18)5-4-6-8(9)19-10/h4-6,17-18H,1-3H3,(H,14,15,16). The quantitative estimate of drug-likeness (QED) is 0.703. The summed E-state index contributed by atoms with van der Waals surface area (Å²) < 4.78 is 10.4. The summed E-state index contributed by atoms with van der Waals surface area (Å²) in [5, 5.41) is 20.8. The van der Waals surface area contributed by atoms with Gasteiger partial charge in [0.15, 0.2) is 5.58 Å². The highest BCUT2D eigenvalue weighted by Crippen LogP contribution is 2.18. The van der Waals surface area contributed by atoms with Crippen LogP contribution in [0.3, 0.4) is 0 Å². The van der Waals surface area contributed by atoms with Crippen molar-refractivity contribution in [2.24, 2.45) is 0 Å². The molecule has 1 amide bonds. The molecule has 0 spiro atoms. The van der Waals surface area contributed by atoms with Gasteiger partial charge in [-0.25, -0.2) is 10.1 Å². The van der Waals surface area contributed by atoms with E-state index in [1.54, 1.807) is 32.9 Å². The number of ether oxygens (including phenoxy) is 1. The lowest BCUT2D eigenvalue weighted by molar-refractivity contribution is 0.0632. The first kappa shape index (κ1) is 14.4. The molecule has 0 aliphatic heterocycles. The van der Waals surface area contributed by atoms with E-state index in [0.29, 0.717) is 5.58 Å². The summed E-state index contributed by atoms with van der Waals surface area (Å²) in [6.07, 6.45) is -0.699. The number of anilines is 1. The van der Waals surface area contributed by atoms with Crippen molar-refractivity contribution >= 4 is 35.8 Å². The fourth-order valence-electron chi connectivity index (χ4n) is 1.62. The number of rotatable bonds is 2. The summed E-state index contributed by atoms with van der Waals surface area (Å²) in [5.74, 6) is 0. The van der Waals surface area contributed by atoms with Crippen molar-refractivity contribution in [3.05, 3.63) is 18.2 Å². The Balaban J connectivity index is 2.24. The van der Waals surface area contributed by atoms with Crippen LogP contribution in [0.5, 0.6) is 0 Å². The van der Waals surface area contributed by atoms with Gasteiger partial charge in [-0.05, 0) is 26.8 Å². The Bertz CT molecular complexity index is 632. The second-order valence-electron chi connectivity index (χ2n) is 5.21. The molecule has 0 bridgehead atoms. The van der Waals surface area contributed by atoms with Gasteiger partial charge < -0.3 is 19.2 Å². The third kappa shape index (κ3) is 3.28. The maximum Gasteiger partial charge on any atom is 0.490 e. The number of aromatic nitrogens is 1. The van der Waals surface area contributed by atoms with Crippen LogP contribution in [0, 0.1) is 0 Å². The Kier molecular flexibility index (Phi) is 3.69. The monoisotopic (exact) mass is 278 g/mol. The Morgan fingerprint density at radius 2 is 2.10 bits per heavy atom. The third-order valence-corrected chi connectivity index (χ3v) is 2.34. The molecule has 0 aliphatic carbocycles. The van der Waals surface area contributed by atoms with Gasteiger partial charge in [-0.3, -0.25) is 0 Å². The topological polar surface area (TPSA) is 105 Å². The molecular formula is C12H15BN2O5. The summed E-state index contributed by atoms with van der Waals surface area (Å²) in [7, 11) is -1.67. The van der Waals surface area contributed by atoms with Gasteiger partial charge in [0, 0.05) is 5.46 Å². The summed E-state index contributed by atoms with van der Waals surface area (Å²) in [5.41, 5.74) is 0.168. The molecule has 2 aromatic rings. The maximum absolute atomic E-state index is 11.6. The molecule has 7 nitrogen and oxygen atoms in total. The highest BCUT2D eigenvalue weighted by atomic mass is 16.6. The van der Waals surface area contributed by atoms with Crippen LogP contribution in [0.1, 0.15) is 20.8 Å². The number of benzene rings is 1. The van der Waals surface area contributed by atoms with Crippen molar-refractivity contribution in [2.75, 3.05) is 5.32 Å². The van der Waals surface area contributed by atoms with E-state index in [4.69, 9.17) is 9.15 Å². The van der Waals surface area contributed by atoms with E-state index in [2.05, 4.69) is 10.3 Å². The van der Waals surface area contributed by atoms with Gasteiger partial charge in [-0.2, -0.15) is 4.98 Å². The molecule has 8 heteroatoms. The number of hydrogen-bond acceptors (Lipinski definition) is 6. The minimum absolute atomic E-state index is 0.0673. The molecule has 0 saturated carbocycles. The van der Waals surface area contributed by atoms with Gasteiger partial charge in [0.05, 0.1) is 0 Å². The maximum atomic E-state index is 11.6. The van der Waals surface area contributed by atoms with E-state index >= 15 is 0 Å².